The summed E-state index contributed by atoms with van der Waals surface area (Å²) in [7, 11) is 0. The summed E-state index contributed by atoms with van der Waals surface area (Å²) in [6.07, 6.45) is 2.11. The molecule has 0 aliphatic carbocycles. The molecule has 2 heterocycles. The molecule has 144 valence electrons. The van der Waals surface area contributed by atoms with Gasteiger partial charge in [-0.2, -0.15) is 0 Å². The lowest BCUT2D eigenvalue weighted by molar-refractivity contribution is -0.121. The standard InChI is InChI=1S/C21H27N3O3/c1-16-5-6-19(17(2)14-16)27-11-7-20(25)23-15-18-4-3-8-22-21(18)24-9-12-26-13-10-24/h3-6,8,14H,7,9-13,15H2,1-2H3,(H,23,25). The second-order valence-corrected chi connectivity index (χ2v) is 6.73. The number of carbonyl (C=O) groups is 1. The lowest BCUT2D eigenvalue weighted by atomic mass is 10.1. The van der Waals surface area contributed by atoms with E-state index in [-0.39, 0.29) is 5.91 Å². The Hall–Kier alpha value is -2.60. The van der Waals surface area contributed by atoms with E-state index in [1.807, 2.05) is 38.1 Å². The highest BCUT2D eigenvalue weighted by atomic mass is 16.5. The van der Waals surface area contributed by atoms with Crippen molar-refractivity contribution < 1.29 is 14.3 Å². The van der Waals surface area contributed by atoms with Gasteiger partial charge >= 0.3 is 0 Å². The number of amides is 1. The van der Waals surface area contributed by atoms with Crippen LogP contribution in [0.25, 0.3) is 0 Å². The normalized spacial score (nSPS) is 14.1. The van der Waals surface area contributed by atoms with Crippen LogP contribution in [0.5, 0.6) is 5.75 Å². The van der Waals surface area contributed by atoms with E-state index in [1.54, 1.807) is 6.20 Å². The summed E-state index contributed by atoms with van der Waals surface area (Å²) in [6.45, 7) is 7.94. The Kier molecular flexibility index (Phi) is 6.65. The van der Waals surface area contributed by atoms with E-state index < -0.39 is 0 Å². The van der Waals surface area contributed by atoms with Gasteiger partial charge in [0.15, 0.2) is 0 Å². The molecule has 1 aliphatic heterocycles. The van der Waals surface area contributed by atoms with Crippen LogP contribution in [0.3, 0.4) is 0 Å². The second kappa shape index (κ2) is 9.37. The van der Waals surface area contributed by atoms with E-state index >= 15 is 0 Å². The Bertz CT molecular complexity index is 773. The van der Waals surface area contributed by atoms with Crippen molar-refractivity contribution in [2.45, 2.75) is 26.8 Å². The van der Waals surface area contributed by atoms with E-state index in [2.05, 4.69) is 21.3 Å². The van der Waals surface area contributed by atoms with Crippen LogP contribution in [0, 0.1) is 13.8 Å². The monoisotopic (exact) mass is 369 g/mol. The minimum Gasteiger partial charge on any atom is -0.493 e. The molecule has 0 spiro atoms. The van der Waals surface area contributed by atoms with E-state index in [0.717, 1.165) is 35.8 Å². The molecule has 2 aromatic rings. The lowest BCUT2D eigenvalue weighted by Crippen LogP contribution is -2.38. The first-order valence-corrected chi connectivity index (χ1v) is 9.37. The fourth-order valence-electron chi connectivity index (χ4n) is 3.13. The fourth-order valence-corrected chi connectivity index (χ4v) is 3.13. The third kappa shape index (κ3) is 5.44. The molecule has 3 rings (SSSR count). The SMILES string of the molecule is Cc1ccc(OCCC(=O)NCc2cccnc2N2CCOCC2)c(C)c1. The summed E-state index contributed by atoms with van der Waals surface area (Å²) in [5, 5.41) is 2.97. The molecule has 0 radical (unpaired) electrons. The van der Waals surface area contributed by atoms with Gasteiger partial charge in [-0.25, -0.2) is 4.98 Å². The number of hydrogen-bond donors (Lipinski definition) is 1. The highest BCUT2D eigenvalue weighted by Gasteiger charge is 2.16. The van der Waals surface area contributed by atoms with Gasteiger partial charge in [0, 0.05) is 31.4 Å². The molecule has 1 amide bonds. The van der Waals surface area contributed by atoms with E-state index in [4.69, 9.17) is 9.47 Å². The summed E-state index contributed by atoms with van der Waals surface area (Å²) in [5.41, 5.74) is 3.30. The predicted octanol–water partition coefficient (Wildman–Crippen LogP) is 2.62. The molecule has 1 aromatic heterocycles. The average Bonchev–Trinajstić information content (AvgIpc) is 2.69. The van der Waals surface area contributed by atoms with Crippen LogP contribution in [0.2, 0.25) is 0 Å². The number of morpholine rings is 1. The van der Waals surface area contributed by atoms with Gasteiger partial charge < -0.3 is 19.7 Å². The van der Waals surface area contributed by atoms with Crippen LogP contribution in [0.15, 0.2) is 36.5 Å². The van der Waals surface area contributed by atoms with E-state index in [0.29, 0.717) is 32.8 Å². The largest absolute Gasteiger partial charge is 0.493 e. The van der Waals surface area contributed by atoms with Crippen LogP contribution in [-0.4, -0.2) is 43.8 Å². The smallest absolute Gasteiger partial charge is 0.223 e. The first-order valence-electron chi connectivity index (χ1n) is 9.37. The minimum atomic E-state index is -0.0310. The van der Waals surface area contributed by atoms with E-state index in [9.17, 15) is 4.79 Å². The first-order chi connectivity index (χ1) is 13.1. The summed E-state index contributed by atoms with van der Waals surface area (Å²) >= 11 is 0. The molecule has 6 nitrogen and oxygen atoms in total. The third-order valence-electron chi connectivity index (χ3n) is 4.57. The van der Waals surface area contributed by atoms with Crippen LogP contribution >= 0.6 is 0 Å². The molecule has 0 atom stereocenters. The Morgan fingerprint density at radius 2 is 2.07 bits per heavy atom. The Labute approximate surface area is 160 Å². The molecule has 0 bridgehead atoms. The van der Waals surface area contributed by atoms with Crippen LogP contribution in [0.1, 0.15) is 23.1 Å². The molecule has 1 aromatic carbocycles. The zero-order valence-electron chi connectivity index (χ0n) is 16.0. The maximum absolute atomic E-state index is 12.2. The second-order valence-electron chi connectivity index (χ2n) is 6.73. The van der Waals surface area contributed by atoms with Crippen molar-refractivity contribution in [3.05, 3.63) is 53.2 Å². The highest BCUT2D eigenvalue weighted by Crippen LogP contribution is 2.19. The number of pyridine rings is 1. The molecule has 0 saturated carbocycles. The summed E-state index contributed by atoms with van der Waals surface area (Å²) in [6, 6.07) is 9.94. The number of benzene rings is 1. The van der Waals surface area contributed by atoms with Gasteiger partial charge in [0.1, 0.15) is 11.6 Å². The van der Waals surface area contributed by atoms with Crippen molar-refractivity contribution in [2.75, 3.05) is 37.8 Å². The molecule has 6 heteroatoms. The van der Waals surface area contributed by atoms with Gasteiger partial charge in [0.05, 0.1) is 26.2 Å². The number of anilines is 1. The van der Waals surface area contributed by atoms with Gasteiger partial charge in [-0.15, -0.1) is 0 Å². The van der Waals surface area contributed by atoms with Crippen molar-refractivity contribution in [3.8, 4) is 5.75 Å². The van der Waals surface area contributed by atoms with Crippen molar-refractivity contribution in [1.29, 1.82) is 0 Å². The van der Waals surface area contributed by atoms with Crippen molar-refractivity contribution >= 4 is 11.7 Å². The summed E-state index contributed by atoms with van der Waals surface area (Å²) in [4.78, 5) is 18.9. The molecular weight excluding hydrogens is 342 g/mol. The molecule has 1 fully saturated rings. The summed E-state index contributed by atoms with van der Waals surface area (Å²) in [5.74, 6) is 1.72. The van der Waals surface area contributed by atoms with Crippen molar-refractivity contribution in [1.82, 2.24) is 10.3 Å². The van der Waals surface area contributed by atoms with Gasteiger partial charge in [0.25, 0.3) is 0 Å². The Morgan fingerprint density at radius 1 is 1.26 bits per heavy atom. The lowest BCUT2D eigenvalue weighted by Gasteiger charge is -2.29. The quantitative estimate of drug-likeness (QED) is 0.813. The number of aromatic nitrogens is 1. The molecule has 27 heavy (non-hydrogen) atoms. The first kappa shape index (κ1) is 19.2. The van der Waals surface area contributed by atoms with Gasteiger partial charge in [0.2, 0.25) is 5.91 Å². The number of nitrogens with one attached hydrogen (secondary N) is 1. The maximum Gasteiger partial charge on any atom is 0.223 e. The number of nitrogens with zero attached hydrogens (tertiary/aromatic N) is 2. The van der Waals surface area contributed by atoms with E-state index in [1.165, 1.54) is 5.56 Å². The molecule has 1 N–H and O–H groups in total. The topological polar surface area (TPSA) is 63.7 Å². The zero-order chi connectivity index (χ0) is 19.1. The average molecular weight is 369 g/mol. The highest BCUT2D eigenvalue weighted by molar-refractivity contribution is 5.76. The van der Waals surface area contributed by atoms with Gasteiger partial charge in [-0.1, -0.05) is 23.8 Å². The Morgan fingerprint density at radius 3 is 2.85 bits per heavy atom. The number of carbonyl (C=O) groups excluding carboxylic acids is 1. The van der Waals surface area contributed by atoms with Gasteiger partial charge in [-0.05, 0) is 31.5 Å². The maximum atomic E-state index is 12.2. The predicted molar refractivity (Wildman–Crippen MR) is 105 cm³/mol. The number of hydrogen-bond acceptors (Lipinski definition) is 5. The fraction of sp³-hybridized carbons (Fsp3) is 0.429. The molecule has 0 unspecified atom stereocenters. The molecule has 1 saturated heterocycles. The minimum absolute atomic E-state index is 0.0310. The molecule has 1 aliphatic rings. The van der Waals surface area contributed by atoms with Crippen LogP contribution < -0.4 is 15.0 Å². The zero-order valence-corrected chi connectivity index (χ0v) is 16.0. The van der Waals surface area contributed by atoms with Crippen LogP contribution in [0.4, 0.5) is 5.82 Å². The van der Waals surface area contributed by atoms with Gasteiger partial charge in [-0.3, -0.25) is 4.79 Å². The number of aryl methyl sites for hydroxylation is 2. The van der Waals surface area contributed by atoms with Crippen molar-refractivity contribution in [2.24, 2.45) is 0 Å². The van der Waals surface area contributed by atoms with Crippen molar-refractivity contribution in [3.63, 3.8) is 0 Å². The summed E-state index contributed by atoms with van der Waals surface area (Å²) < 4.78 is 11.1. The number of ether oxygens (including phenoxy) is 2. The van der Waals surface area contributed by atoms with Crippen LogP contribution in [-0.2, 0) is 16.1 Å². The molecular formula is C21H27N3O3. The third-order valence-corrected chi connectivity index (χ3v) is 4.57. The number of rotatable bonds is 7. The Balaban J connectivity index is 1.48.